The minimum atomic E-state index is -0.795. The number of rotatable bonds is 11. The van der Waals surface area contributed by atoms with E-state index in [0.717, 1.165) is 5.56 Å². The summed E-state index contributed by atoms with van der Waals surface area (Å²) in [6.45, 7) is 8.63. The molecule has 1 aliphatic heterocycles. The van der Waals surface area contributed by atoms with E-state index < -0.39 is 17.9 Å². The molecule has 1 aliphatic rings. The number of nitrogens with one attached hydrogen (secondary N) is 2. The average molecular weight is 532 g/mol. The molecule has 3 aromatic rings. The van der Waals surface area contributed by atoms with Gasteiger partial charge in [-0.05, 0) is 67.3 Å². The molecular formula is C30H33N3O6. The number of hydrogen-bond acceptors (Lipinski definition) is 7. The number of aryl methyl sites for hydroxylation is 1. The molecule has 2 amide bonds. The quantitative estimate of drug-likeness (QED) is 0.277. The van der Waals surface area contributed by atoms with E-state index in [9.17, 15) is 9.59 Å². The Morgan fingerprint density at radius 2 is 1.82 bits per heavy atom. The van der Waals surface area contributed by atoms with Crippen molar-refractivity contribution >= 4 is 18.0 Å². The van der Waals surface area contributed by atoms with Gasteiger partial charge in [0.05, 0.1) is 12.8 Å². The lowest BCUT2D eigenvalue weighted by molar-refractivity contribution is -0.123. The Morgan fingerprint density at radius 1 is 1.00 bits per heavy atom. The fourth-order valence-corrected chi connectivity index (χ4v) is 3.99. The van der Waals surface area contributed by atoms with Crippen LogP contribution in [0.4, 0.5) is 0 Å². The predicted octanol–water partition coefficient (Wildman–Crippen LogP) is 4.61. The third-order valence-corrected chi connectivity index (χ3v) is 6.00. The number of fused-ring (bicyclic) bond motifs is 1. The van der Waals surface area contributed by atoms with Gasteiger partial charge in [-0.3, -0.25) is 9.59 Å². The number of benzene rings is 3. The van der Waals surface area contributed by atoms with Crippen molar-refractivity contribution < 1.29 is 28.5 Å². The largest absolute Gasteiger partial charge is 0.490 e. The van der Waals surface area contributed by atoms with Crippen molar-refractivity contribution in [2.24, 2.45) is 11.0 Å². The van der Waals surface area contributed by atoms with Gasteiger partial charge in [0, 0.05) is 5.56 Å². The van der Waals surface area contributed by atoms with Crippen molar-refractivity contribution in [3.63, 3.8) is 0 Å². The highest BCUT2D eigenvalue weighted by atomic mass is 16.7. The molecule has 3 aromatic carbocycles. The van der Waals surface area contributed by atoms with Crippen LogP contribution in [0.15, 0.2) is 65.8 Å². The summed E-state index contributed by atoms with van der Waals surface area (Å²) in [5.74, 6) is 1.27. The molecule has 9 nitrogen and oxygen atoms in total. The standard InChI is InChI=1S/C30H33N3O6/c1-5-36-26-14-21(9-11-24(26)37-17-22-8-6-7-20(4)13-22)16-31-33-30(35)28(19(2)3)32-29(34)23-10-12-25-27(15-23)39-18-38-25/h6-16,19,28H,5,17-18H2,1-4H3,(H,32,34)(H,33,35). The van der Waals surface area contributed by atoms with Gasteiger partial charge in [0.15, 0.2) is 23.0 Å². The van der Waals surface area contributed by atoms with Gasteiger partial charge < -0.3 is 24.3 Å². The molecule has 204 valence electrons. The normalized spacial score (nSPS) is 12.8. The van der Waals surface area contributed by atoms with Gasteiger partial charge in [0.25, 0.3) is 11.8 Å². The first-order valence-corrected chi connectivity index (χ1v) is 12.8. The van der Waals surface area contributed by atoms with E-state index in [1.54, 1.807) is 24.3 Å². The molecule has 4 rings (SSSR count). The molecule has 0 aliphatic carbocycles. The third kappa shape index (κ3) is 7.28. The van der Waals surface area contributed by atoms with Gasteiger partial charge in [-0.15, -0.1) is 0 Å². The SMILES string of the molecule is CCOc1cc(C=NNC(=O)C(NC(=O)c2ccc3c(c2)OCO3)C(C)C)ccc1OCc1cccc(C)c1. The van der Waals surface area contributed by atoms with Crippen molar-refractivity contribution in [1.29, 1.82) is 0 Å². The molecular weight excluding hydrogens is 498 g/mol. The summed E-state index contributed by atoms with van der Waals surface area (Å²) in [5.41, 5.74) is 5.85. The van der Waals surface area contributed by atoms with E-state index in [4.69, 9.17) is 18.9 Å². The Kier molecular flexibility index (Phi) is 9.04. The van der Waals surface area contributed by atoms with E-state index in [2.05, 4.69) is 21.9 Å². The van der Waals surface area contributed by atoms with Gasteiger partial charge in [-0.1, -0.05) is 43.7 Å². The van der Waals surface area contributed by atoms with Gasteiger partial charge >= 0.3 is 0 Å². The van der Waals surface area contributed by atoms with E-state index in [0.29, 0.717) is 47.3 Å². The number of ether oxygens (including phenoxy) is 4. The van der Waals surface area contributed by atoms with Gasteiger partial charge in [-0.25, -0.2) is 5.43 Å². The average Bonchev–Trinajstić information content (AvgIpc) is 3.39. The molecule has 1 atom stereocenters. The molecule has 0 bridgehead atoms. The number of carbonyl (C=O) groups excluding carboxylic acids is 2. The lowest BCUT2D eigenvalue weighted by atomic mass is 10.0. The minimum absolute atomic E-state index is 0.116. The van der Waals surface area contributed by atoms with E-state index in [-0.39, 0.29) is 12.7 Å². The van der Waals surface area contributed by atoms with Crippen LogP contribution in [0, 0.1) is 12.8 Å². The van der Waals surface area contributed by atoms with Crippen LogP contribution in [0.1, 0.15) is 47.8 Å². The molecule has 0 spiro atoms. The molecule has 2 N–H and O–H groups in total. The molecule has 0 aromatic heterocycles. The zero-order valence-electron chi connectivity index (χ0n) is 22.5. The Balaban J connectivity index is 1.37. The Bertz CT molecular complexity index is 1350. The summed E-state index contributed by atoms with van der Waals surface area (Å²) < 4.78 is 22.4. The van der Waals surface area contributed by atoms with E-state index in [1.807, 2.05) is 58.0 Å². The number of nitrogens with zero attached hydrogens (tertiary/aromatic N) is 1. The van der Waals surface area contributed by atoms with Gasteiger partial charge in [-0.2, -0.15) is 5.10 Å². The Labute approximate surface area is 228 Å². The first kappa shape index (κ1) is 27.5. The first-order chi connectivity index (χ1) is 18.8. The number of amides is 2. The second kappa shape index (κ2) is 12.8. The Morgan fingerprint density at radius 3 is 2.59 bits per heavy atom. The number of hydrazone groups is 1. The summed E-state index contributed by atoms with van der Waals surface area (Å²) in [5, 5.41) is 6.88. The fourth-order valence-electron chi connectivity index (χ4n) is 3.99. The lowest BCUT2D eigenvalue weighted by Gasteiger charge is -2.20. The van der Waals surface area contributed by atoms with Crippen LogP contribution < -0.4 is 29.7 Å². The highest BCUT2D eigenvalue weighted by molar-refractivity contribution is 5.98. The predicted molar refractivity (Wildman–Crippen MR) is 148 cm³/mol. The molecule has 0 saturated heterocycles. The topological polar surface area (TPSA) is 107 Å². The third-order valence-electron chi connectivity index (χ3n) is 6.00. The maximum Gasteiger partial charge on any atom is 0.262 e. The highest BCUT2D eigenvalue weighted by Gasteiger charge is 2.25. The molecule has 0 saturated carbocycles. The number of carbonyl (C=O) groups is 2. The Hall–Kier alpha value is -4.53. The first-order valence-electron chi connectivity index (χ1n) is 12.8. The number of hydrogen-bond donors (Lipinski definition) is 2. The smallest absolute Gasteiger partial charge is 0.262 e. The van der Waals surface area contributed by atoms with E-state index in [1.165, 1.54) is 11.8 Å². The molecule has 1 heterocycles. The van der Waals surface area contributed by atoms with Gasteiger partial charge in [0.2, 0.25) is 6.79 Å². The van der Waals surface area contributed by atoms with Crippen molar-refractivity contribution in [3.8, 4) is 23.0 Å². The van der Waals surface area contributed by atoms with Crippen LogP contribution in [-0.2, 0) is 11.4 Å². The molecule has 0 fully saturated rings. The highest BCUT2D eigenvalue weighted by Crippen LogP contribution is 2.32. The lowest BCUT2D eigenvalue weighted by Crippen LogP contribution is -2.48. The summed E-state index contributed by atoms with van der Waals surface area (Å²) in [6.07, 6.45) is 1.52. The summed E-state index contributed by atoms with van der Waals surface area (Å²) >= 11 is 0. The van der Waals surface area contributed by atoms with Crippen molar-refractivity contribution in [3.05, 3.63) is 82.9 Å². The molecule has 9 heteroatoms. The molecule has 39 heavy (non-hydrogen) atoms. The van der Waals surface area contributed by atoms with Gasteiger partial charge in [0.1, 0.15) is 12.6 Å². The zero-order chi connectivity index (χ0) is 27.8. The molecule has 0 radical (unpaired) electrons. The van der Waals surface area contributed by atoms with E-state index >= 15 is 0 Å². The molecule has 1 unspecified atom stereocenters. The van der Waals surface area contributed by atoms with Crippen LogP contribution in [-0.4, -0.2) is 37.5 Å². The van der Waals surface area contributed by atoms with Crippen LogP contribution in [0.3, 0.4) is 0 Å². The fraction of sp³-hybridized carbons (Fsp3) is 0.300. The van der Waals surface area contributed by atoms with Crippen LogP contribution in [0.2, 0.25) is 0 Å². The maximum atomic E-state index is 12.9. The summed E-state index contributed by atoms with van der Waals surface area (Å²) in [7, 11) is 0. The van der Waals surface area contributed by atoms with Crippen LogP contribution >= 0.6 is 0 Å². The van der Waals surface area contributed by atoms with Crippen LogP contribution in [0.25, 0.3) is 0 Å². The minimum Gasteiger partial charge on any atom is -0.490 e. The van der Waals surface area contributed by atoms with Crippen molar-refractivity contribution in [1.82, 2.24) is 10.7 Å². The second-order valence-electron chi connectivity index (χ2n) is 9.41. The van der Waals surface area contributed by atoms with Crippen molar-refractivity contribution in [2.75, 3.05) is 13.4 Å². The second-order valence-corrected chi connectivity index (χ2v) is 9.41. The van der Waals surface area contributed by atoms with Crippen molar-refractivity contribution in [2.45, 2.75) is 40.3 Å². The zero-order valence-corrected chi connectivity index (χ0v) is 22.5. The maximum absolute atomic E-state index is 12.9. The van der Waals surface area contributed by atoms with Crippen LogP contribution in [0.5, 0.6) is 23.0 Å². The summed E-state index contributed by atoms with van der Waals surface area (Å²) in [4.78, 5) is 25.7. The summed E-state index contributed by atoms with van der Waals surface area (Å²) in [6, 6.07) is 17.7. The monoisotopic (exact) mass is 531 g/mol.